The zero-order chi connectivity index (χ0) is 18.2. The average molecular weight is 347 g/mol. The highest BCUT2D eigenvalue weighted by Crippen LogP contribution is 2.22. The van der Waals surface area contributed by atoms with E-state index in [0.29, 0.717) is 25.6 Å². The molecule has 4 nitrogen and oxygen atoms in total. The summed E-state index contributed by atoms with van der Waals surface area (Å²) in [6, 6.07) is 22.7. The molecule has 2 aromatic carbocycles. The molecule has 2 aromatic rings. The number of nitriles is 1. The first-order chi connectivity index (χ1) is 12.8. The van der Waals surface area contributed by atoms with Gasteiger partial charge in [-0.05, 0) is 43.5 Å². The molecule has 1 atom stereocenters. The van der Waals surface area contributed by atoms with Crippen molar-refractivity contribution in [3.63, 3.8) is 0 Å². The maximum Gasteiger partial charge on any atom is 0.241 e. The fourth-order valence-electron chi connectivity index (χ4n) is 3.65. The Bertz CT molecular complexity index is 739. The average Bonchev–Trinajstić information content (AvgIpc) is 3.10. The second kappa shape index (κ2) is 9.17. The third-order valence-corrected chi connectivity index (χ3v) is 4.97. The smallest absolute Gasteiger partial charge is 0.241 e. The zero-order valence-corrected chi connectivity index (χ0v) is 15.1. The van der Waals surface area contributed by atoms with Crippen molar-refractivity contribution in [2.45, 2.75) is 31.7 Å². The monoisotopic (exact) mass is 347 g/mol. The van der Waals surface area contributed by atoms with Gasteiger partial charge in [0.05, 0.1) is 19.0 Å². The van der Waals surface area contributed by atoms with E-state index in [1.165, 1.54) is 5.56 Å². The SMILES string of the molecule is N#CCCN(C(=O)CN1CCC[C@H]1Cc1ccccc1)c1ccccc1. The van der Waals surface area contributed by atoms with E-state index in [1.54, 1.807) is 4.90 Å². The molecule has 0 aliphatic carbocycles. The Morgan fingerprint density at radius 3 is 2.50 bits per heavy atom. The summed E-state index contributed by atoms with van der Waals surface area (Å²) in [5.41, 5.74) is 2.19. The van der Waals surface area contributed by atoms with Crippen molar-refractivity contribution in [1.29, 1.82) is 5.26 Å². The Balaban J connectivity index is 1.67. The minimum Gasteiger partial charge on any atom is -0.310 e. The van der Waals surface area contributed by atoms with Crippen LogP contribution in [0.2, 0.25) is 0 Å². The Morgan fingerprint density at radius 1 is 1.12 bits per heavy atom. The molecule has 3 rings (SSSR count). The fourth-order valence-corrected chi connectivity index (χ4v) is 3.65. The molecule has 0 bridgehead atoms. The third kappa shape index (κ3) is 4.71. The van der Waals surface area contributed by atoms with Crippen molar-refractivity contribution in [3.8, 4) is 6.07 Å². The van der Waals surface area contributed by atoms with E-state index >= 15 is 0 Å². The Morgan fingerprint density at radius 2 is 1.81 bits per heavy atom. The van der Waals surface area contributed by atoms with Crippen molar-refractivity contribution in [1.82, 2.24) is 4.90 Å². The third-order valence-electron chi connectivity index (χ3n) is 4.97. The second-order valence-electron chi connectivity index (χ2n) is 6.75. The van der Waals surface area contributed by atoms with Gasteiger partial charge >= 0.3 is 0 Å². The number of nitrogens with zero attached hydrogens (tertiary/aromatic N) is 3. The standard InChI is InChI=1S/C22H25N3O/c23-14-8-16-25(20-11-5-2-6-12-20)22(26)18-24-15-7-13-21(24)17-19-9-3-1-4-10-19/h1-6,9-12,21H,7-8,13,15-18H2/t21-/m0/s1. The van der Waals surface area contributed by atoms with Gasteiger partial charge in [0.2, 0.25) is 5.91 Å². The topological polar surface area (TPSA) is 47.3 Å². The lowest BCUT2D eigenvalue weighted by atomic mass is 10.0. The Labute approximate surface area is 155 Å². The molecule has 0 radical (unpaired) electrons. The molecule has 1 heterocycles. The van der Waals surface area contributed by atoms with E-state index in [9.17, 15) is 4.79 Å². The number of hydrogen-bond acceptors (Lipinski definition) is 3. The molecule has 0 aromatic heterocycles. The van der Waals surface area contributed by atoms with Crippen LogP contribution in [-0.4, -0.2) is 36.5 Å². The summed E-state index contributed by atoms with van der Waals surface area (Å²) in [7, 11) is 0. The quantitative estimate of drug-likeness (QED) is 0.768. The van der Waals surface area contributed by atoms with E-state index in [0.717, 1.165) is 31.5 Å². The first-order valence-corrected chi connectivity index (χ1v) is 9.28. The number of hydrogen-bond donors (Lipinski definition) is 0. The molecule has 0 unspecified atom stereocenters. The van der Waals surface area contributed by atoms with Gasteiger partial charge in [0.15, 0.2) is 0 Å². The lowest BCUT2D eigenvalue weighted by Crippen LogP contribution is -2.43. The highest BCUT2D eigenvalue weighted by molar-refractivity contribution is 5.94. The molecule has 1 aliphatic rings. The van der Waals surface area contributed by atoms with E-state index in [4.69, 9.17) is 5.26 Å². The second-order valence-corrected chi connectivity index (χ2v) is 6.75. The maximum atomic E-state index is 13.0. The maximum absolute atomic E-state index is 13.0. The normalized spacial score (nSPS) is 17.0. The lowest BCUT2D eigenvalue weighted by molar-refractivity contribution is -0.119. The van der Waals surface area contributed by atoms with Crippen LogP contribution in [0.15, 0.2) is 60.7 Å². The van der Waals surface area contributed by atoms with Crippen LogP contribution in [0.25, 0.3) is 0 Å². The van der Waals surface area contributed by atoms with E-state index in [-0.39, 0.29) is 5.91 Å². The van der Waals surface area contributed by atoms with Crippen LogP contribution in [0.3, 0.4) is 0 Å². The predicted octanol–water partition coefficient (Wildman–Crippen LogP) is 3.64. The van der Waals surface area contributed by atoms with Gasteiger partial charge in [-0.2, -0.15) is 5.26 Å². The molecule has 134 valence electrons. The van der Waals surface area contributed by atoms with E-state index < -0.39 is 0 Å². The molecule has 26 heavy (non-hydrogen) atoms. The van der Waals surface area contributed by atoms with Gasteiger partial charge in [-0.25, -0.2) is 0 Å². The van der Waals surface area contributed by atoms with Crippen LogP contribution in [0.5, 0.6) is 0 Å². The van der Waals surface area contributed by atoms with Crippen molar-refractivity contribution in [2.75, 3.05) is 24.5 Å². The molecule has 0 saturated carbocycles. The number of amides is 1. The van der Waals surface area contributed by atoms with Crippen molar-refractivity contribution in [2.24, 2.45) is 0 Å². The number of likely N-dealkylation sites (tertiary alicyclic amines) is 1. The van der Waals surface area contributed by atoms with Crippen LogP contribution in [0, 0.1) is 11.3 Å². The number of anilines is 1. The molecule has 0 spiro atoms. The van der Waals surface area contributed by atoms with E-state index in [1.807, 2.05) is 36.4 Å². The minimum absolute atomic E-state index is 0.0754. The molecule has 1 amide bonds. The molecular weight excluding hydrogens is 322 g/mol. The lowest BCUT2D eigenvalue weighted by Gasteiger charge is -2.28. The van der Waals surface area contributed by atoms with Crippen molar-refractivity contribution >= 4 is 11.6 Å². The molecule has 4 heteroatoms. The van der Waals surface area contributed by atoms with Crippen molar-refractivity contribution < 1.29 is 4.79 Å². The van der Waals surface area contributed by atoms with Gasteiger partial charge in [0.25, 0.3) is 0 Å². The summed E-state index contributed by atoms with van der Waals surface area (Å²) in [4.78, 5) is 17.0. The Kier molecular flexibility index (Phi) is 6.40. The summed E-state index contributed by atoms with van der Waals surface area (Å²) in [5.74, 6) is 0.0754. The highest BCUT2D eigenvalue weighted by Gasteiger charge is 2.28. The number of benzene rings is 2. The largest absolute Gasteiger partial charge is 0.310 e. The Hall–Kier alpha value is -2.64. The zero-order valence-electron chi connectivity index (χ0n) is 15.1. The van der Waals surface area contributed by atoms with Crippen LogP contribution in [0.1, 0.15) is 24.8 Å². The first kappa shape index (κ1) is 18.2. The van der Waals surface area contributed by atoms with Crippen LogP contribution in [-0.2, 0) is 11.2 Å². The summed E-state index contributed by atoms with van der Waals surface area (Å²) >= 11 is 0. The fraction of sp³-hybridized carbons (Fsp3) is 0.364. The van der Waals surface area contributed by atoms with Gasteiger partial charge < -0.3 is 4.90 Å². The molecule has 1 aliphatic heterocycles. The molecular formula is C22H25N3O. The van der Waals surface area contributed by atoms with Gasteiger partial charge in [-0.3, -0.25) is 9.69 Å². The van der Waals surface area contributed by atoms with Gasteiger partial charge in [0, 0.05) is 18.3 Å². The highest BCUT2D eigenvalue weighted by atomic mass is 16.2. The first-order valence-electron chi connectivity index (χ1n) is 9.28. The van der Waals surface area contributed by atoms with Crippen LogP contribution in [0.4, 0.5) is 5.69 Å². The summed E-state index contributed by atoms with van der Waals surface area (Å²) in [6.45, 7) is 1.82. The number of carbonyl (C=O) groups is 1. The number of carbonyl (C=O) groups excluding carboxylic acids is 1. The van der Waals surface area contributed by atoms with Gasteiger partial charge in [-0.15, -0.1) is 0 Å². The predicted molar refractivity (Wildman–Crippen MR) is 104 cm³/mol. The molecule has 1 saturated heterocycles. The summed E-state index contributed by atoms with van der Waals surface area (Å²) < 4.78 is 0. The van der Waals surface area contributed by atoms with E-state index in [2.05, 4.69) is 35.2 Å². The summed E-state index contributed by atoms with van der Waals surface area (Å²) in [6.07, 6.45) is 3.59. The number of para-hydroxylation sites is 1. The van der Waals surface area contributed by atoms with Gasteiger partial charge in [-0.1, -0.05) is 48.5 Å². The summed E-state index contributed by atoms with van der Waals surface area (Å²) in [5, 5.41) is 8.94. The molecule has 0 N–H and O–H groups in total. The molecule has 1 fully saturated rings. The minimum atomic E-state index is 0.0754. The van der Waals surface area contributed by atoms with Crippen molar-refractivity contribution in [3.05, 3.63) is 66.2 Å². The van der Waals surface area contributed by atoms with Crippen LogP contribution >= 0.6 is 0 Å². The van der Waals surface area contributed by atoms with Gasteiger partial charge in [0.1, 0.15) is 0 Å². The van der Waals surface area contributed by atoms with Crippen LogP contribution < -0.4 is 4.90 Å². The number of rotatable bonds is 7.